The van der Waals surface area contributed by atoms with Crippen molar-refractivity contribution in [3.63, 3.8) is 0 Å². The van der Waals surface area contributed by atoms with E-state index < -0.39 is 5.97 Å². The largest absolute Gasteiger partial charge is 0.507 e. The van der Waals surface area contributed by atoms with E-state index in [1.54, 1.807) is 20.1 Å². The minimum atomic E-state index is -0.478. The molecule has 0 aliphatic carbocycles. The van der Waals surface area contributed by atoms with E-state index in [0.29, 0.717) is 33.2 Å². The van der Waals surface area contributed by atoms with E-state index in [1.165, 1.54) is 0 Å². The number of phenolic OH excluding ortho intramolecular Hbond substituents is 1. The Morgan fingerprint density at radius 1 is 1.13 bits per heavy atom. The monoisotopic (exact) mass is 401 g/mol. The van der Waals surface area contributed by atoms with E-state index in [4.69, 9.17) is 9.15 Å². The zero-order valence-electron chi connectivity index (χ0n) is 17.2. The van der Waals surface area contributed by atoms with Crippen LogP contribution >= 0.6 is 0 Å². The molecule has 1 aromatic heterocycles. The predicted octanol–water partition coefficient (Wildman–Crippen LogP) is 5.96. The number of fused-ring (bicyclic) bond motifs is 3. The molecule has 1 N–H and O–H groups in total. The van der Waals surface area contributed by atoms with Crippen LogP contribution in [-0.2, 0) is 4.74 Å². The third-order valence-electron chi connectivity index (χ3n) is 5.22. The summed E-state index contributed by atoms with van der Waals surface area (Å²) in [5, 5.41) is 13.0. The van der Waals surface area contributed by atoms with Gasteiger partial charge in [-0.2, -0.15) is 0 Å². The molecule has 5 nitrogen and oxygen atoms in total. The van der Waals surface area contributed by atoms with Crippen molar-refractivity contribution >= 4 is 33.9 Å². The minimum Gasteiger partial charge on any atom is -0.507 e. The molecular formula is C25H23NO4. The molecule has 0 radical (unpaired) electrons. The highest BCUT2D eigenvalue weighted by atomic mass is 16.5. The van der Waals surface area contributed by atoms with Gasteiger partial charge >= 0.3 is 5.97 Å². The van der Waals surface area contributed by atoms with Crippen molar-refractivity contribution in [1.82, 2.24) is 0 Å². The average Bonchev–Trinajstić information content (AvgIpc) is 3.11. The molecule has 4 rings (SSSR count). The Bertz CT molecular complexity index is 1250. The molecule has 0 unspecified atom stereocenters. The Kier molecular flexibility index (Phi) is 5.27. The molecule has 0 fully saturated rings. The van der Waals surface area contributed by atoms with Gasteiger partial charge < -0.3 is 14.3 Å². The second kappa shape index (κ2) is 8.03. The van der Waals surface area contributed by atoms with E-state index in [-0.39, 0.29) is 18.4 Å². The van der Waals surface area contributed by atoms with Gasteiger partial charge in [-0.15, -0.1) is 0 Å². The van der Waals surface area contributed by atoms with Crippen LogP contribution in [-0.4, -0.2) is 23.9 Å². The van der Waals surface area contributed by atoms with Crippen LogP contribution in [0, 0.1) is 6.92 Å². The number of rotatable bonds is 5. The fraction of sp³-hybridized carbons (Fsp3) is 0.200. The number of hydrogen-bond donors (Lipinski definition) is 1. The minimum absolute atomic E-state index is 0.0634. The van der Waals surface area contributed by atoms with Crippen LogP contribution < -0.4 is 0 Å². The molecule has 4 aromatic rings. The zero-order valence-corrected chi connectivity index (χ0v) is 17.2. The number of phenols is 1. The Morgan fingerprint density at radius 3 is 2.50 bits per heavy atom. The molecule has 0 amide bonds. The Labute approximate surface area is 174 Å². The van der Waals surface area contributed by atoms with E-state index in [9.17, 15) is 9.90 Å². The lowest BCUT2D eigenvalue weighted by Crippen LogP contribution is -2.06. The van der Waals surface area contributed by atoms with Gasteiger partial charge in [0.05, 0.1) is 12.6 Å². The first-order valence-electron chi connectivity index (χ1n) is 9.95. The van der Waals surface area contributed by atoms with Crippen molar-refractivity contribution < 1.29 is 19.1 Å². The molecule has 3 aromatic carbocycles. The molecular weight excluding hydrogens is 378 g/mol. The summed E-state index contributed by atoms with van der Waals surface area (Å²) in [5.74, 6) is 0.0348. The Balaban J connectivity index is 1.97. The van der Waals surface area contributed by atoms with Gasteiger partial charge in [0, 0.05) is 27.9 Å². The van der Waals surface area contributed by atoms with Gasteiger partial charge in [0.25, 0.3) is 0 Å². The number of hydrogen-bond acceptors (Lipinski definition) is 5. The highest BCUT2D eigenvalue weighted by Gasteiger charge is 2.26. The number of ether oxygens (including phenoxy) is 1. The van der Waals surface area contributed by atoms with Crippen molar-refractivity contribution in [1.29, 1.82) is 0 Å². The lowest BCUT2D eigenvalue weighted by atomic mass is 9.98. The summed E-state index contributed by atoms with van der Waals surface area (Å²) < 4.78 is 11.2. The summed E-state index contributed by atoms with van der Waals surface area (Å²) in [6.07, 6.45) is 1.62. The number of furan rings is 1. The van der Waals surface area contributed by atoms with Crippen LogP contribution in [0.1, 0.15) is 47.1 Å². The average molecular weight is 401 g/mol. The Morgan fingerprint density at radius 2 is 1.80 bits per heavy atom. The summed E-state index contributed by atoms with van der Waals surface area (Å²) in [5.41, 5.74) is 2.37. The van der Waals surface area contributed by atoms with Gasteiger partial charge in [0.1, 0.15) is 22.7 Å². The standard InChI is InChI=1S/C25H23NO4/c1-4-29-25(28)21-16(3)30-24-19-13-9-8-12-18(19)23(27)20(22(21)24)14-26-15(2)17-10-6-5-7-11-17/h5-15,27H,4H2,1-3H3/t15-/m0/s1. The number of esters is 1. The van der Waals surface area contributed by atoms with Gasteiger partial charge in [0.2, 0.25) is 0 Å². The number of aryl methyl sites for hydroxylation is 1. The van der Waals surface area contributed by atoms with Crippen molar-refractivity contribution in [2.45, 2.75) is 26.8 Å². The molecule has 1 heterocycles. The molecule has 0 aliphatic heterocycles. The maximum absolute atomic E-state index is 12.7. The maximum Gasteiger partial charge on any atom is 0.342 e. The van der Waals surface area contributed by atoms with Gasteiger partial charge in [-0.25, -0.2) is 4.79 Å². The molecule has 0 saturated carbocycles. The van der Waals surface area contributed by atoms with Crippen molar-refractivity contribution in [3.8, 4) is 5.75 Å². The fourth-order valence-electron chi connectivity index (χ4n) is 3.72. The van der Waals surface area contributed by atoms with E-state index in [2.05, 4.69) is 4.99 Å². The maximum atomic E-state index is 12.7. The molecule has 0 bridgehead atoms. The van der Waals surface area contributed by atoms with Crippen molar-refractivity contribution in [2.24, 2.45) is 4.99 Å². The summed E-state index contributed by atoms with van der Waals surface area (Å²) in [7, 11) is 0. The van der Waals surface area contributed by atoms with Gasteiger partial charge in [0.15, 0.2) is 0 Å². The normalized spacial score (nSPS) is 12.6. The summed E-state index contributed by atoms with van der Waals surface area (Å²) in [4.78, 5) is 17.4. The first kappa shape index (κ1) is 19.7. The fourth-order valence-corrected chi connectivity index (χ4v) is 3.72. The number of aliphatic imine (C=N–C) groups is 1. The third-order valence-corrected chi connectivity index (χ3v) is 5.22. The molecule has 152 valence electrons. The number of nitrogens with zero attached hydrogens (tertiary/aromatic N) is 1. The van der Waals surface area contributed by atoms with Crippen LogP contribution in [0.25, 0.3) is 21.7 Å². The predicted molar refractivity (Wildman–Crippen MR) is 119 cm³/mol. The summed E-state index contributed by atoms with van der Waals surface area (Å²) >= 11 is 0. The van der Waals surface area contributed by atoms with Gasteiger partial charge in [-0.05, 0) is 26.3 Å². The van der Waals surface area contributed by atoms with Crippen LogP contribution in [0.3, 0.4) is 0 Å². The van der Waals surface area contributed by atoms with Gasteiger partial charge in [-0.3, -0.25) is 4.99 Å². The molecule has 30 heavy (non-hydrogen) atoms. The van der Waals surface area contributed by atoms with E-state index in [0.717, 1.165) is 10.9 Å². The SMILES string of the molecule is CCOC(=O)c1c(C)oc2c1c(C=N[C@@H](C)c1ccccc1)c(O)c1ccccc12. The van der Waals surface area contributed by atoms with Gasteiger partial charge in [-0.1, -0.05) is 54.6 Å². The van der Waals surface area contributed by atoms with Crippen LogP contribution in [0.2, 0.25) is 0 Å². The first-order valence-corrected chi connectivity index (χ1v) is 9.95. The quantitative estimate of drug-likeness (QED) is 0.331. The second-order valence-electron chi connectivity index (χ2n) is 7.13. The molecule has 1 atom stereocenters. The van der Waals surface area contributed by atoms with Crippen LogP contribution in [0.5, 0.6) is 5.75 Å². The molecule has 5 heteroatoms. The third kappa shape index (κ3) is 3.32. The smallest absolute Gasteiger partial charge is 0.342 e. The number of benzene rings is 3. The highest BCUT2D eigenvalue weighted by molar-refractivity contribution is 6.21. The van der Waals surface area contributed by atoms with Crippen LogP contribution in [0.15, 0.2) is 64.0 Å². The Hall–Kier alpha value is -3.60. The van der Waals surface area contributed by atoms with Crippen molar-refractivity contribution in [3.05, 3.63) is 77.0 Å². The van der Waals surface area contributed by atoms with Crippen LogP contribution in [0.4, 0.5) is 0 Å². The number of carbonyl (C=O) groups is 1. The lowest BCUT2D eigenvalue weighted by molar-refractivity contribution is 0.0526. The van der Waals surface area contributed by atoms with E-state index >= 15 is 0 Å². The molecule has 0 spiro atoms. The summed E-state index contributed by atoms with van der Waals surface area (Å²) in [6.45, 7) is 5.71. The lowest BCUT2D eigenvalue weighted by Gasteiger charge is -2.10. The number of carbonyl (C=O) groups excluding carboxylic acids is 1. The molecule has 0 aliphatic rings. The second-order valence-corrected chi connectivity index (χ2v) is 7.13. The summed E-state index contributed by atoms with van der Waals surface area (Å²) in [6, 6.07) is 17.2. The number of aromatic hydroxyl groups is 1. The van der Waals surface area contributed by atoms with Crippen molar-refractivity contribution in [2.75, 3.05) is 6.61 Å². The first-order chi connectivity index (χ1) is 14.5. The zero-order chi connectivity index (χ0) is 21.3. The molecule has 0 saturated heterocycles. The highest BCUT2D eigenvalue weighted by Crippen LogP contribution is 2.41. The van der Waals surface area contributed by atoms with E-state index in [1.807, 2.05) is 61.5 Å². The topological polar surface area (TPSA) is 72.0 Å².